The lowest BCUT2D eigenvalue weighted by Crippen LogP contribution is -2.51. The molecule has 6 rings (SSSR count). The Morgan fingerprint density at radius 2 is 1.66 bits per heavy atom. The van der Waals surface area contributed by atoms with Gasteiger partial charge in [0.25, 0.3) is 5.69 Å². The molecule has 1 saturated heterocycles. The Kier molecular flexibility index (Phi) is 9.65. The van der Waals surface area contributed by atoms with Gasteiger partial charge in [-0.25, -0.2) is 4.39 Å². The first-order valence-electron chi connectivity index (χ1n) is 15.8. The van der Waals surface area contributed by atoms with Gasteiger partial charge in [0.15, 0.2) is 0 Å². The number of benzene rings is 3. The molecule has 1 atom stereocenters. The van der Waals surface area contributed by atoms with E-state index in [4.69, 9.17) is 9.47 Å². The van der Waals surface area contributed by atoms with Crippen molar-refractivity contribution in [2.45, 2.75) is 56.5 Å². The number of halogens is 4. The van der Waals surface area contributed by atoms with Crippen LogP contribution in [0, 0.1) is 15.9 Å². The van der Waals surface area contributed by atoms with Crippen LogP contribution in [0.4, 0.5) is 28.9 Å². The van der Waals surface area contributed by atoms with Crippen molar-refractivity contribution in [2.75, 3.05) is 44.6 Å². The summed E-state index contributed by atoms with van der Waals surface area (Å²) in [6.45, 7) is 3.41. The summed E-state index contributed by atoms with van der Waals surface area (Å²) in [5.41, 5.74) is 1.05. The Morgan fingerprint density at radius 1 is 0.957 bits per heavy atom. The summed E-state index contributed by atoms with van der Waals surface area (Å²) in [4.78, 5) is 27.0. The number of nitrogens with zero attached hydrogens (tertiary/aromatic N) is 3. The van der Waals surface area contributed by atoms with Gasteiger partial charge < -0.3 is 19.7 Å². The summed E-state index contributed by atoms with van der Waals surface area (Å²) in [6, 6.07) is 15.4. The molecule has 0 bridgehead atoms. The summed E-state index contributed by atoms with van der Waals surface area (Å²) in [7, 11) is 0. The number of ether oxygens (including phenoxy) is 2. The lowest BCUT2D eigenvalue weighted by Gasteiger charge is -2.36. The number of nitrogens with one attached hydrogen (secondary N) is 1. The number of carbonyl (C=O) groups excluding carboxylic acids is 1. The average Bonchev–Trinajstić information content (AvgIpc) is 3.46. The van der Waals surface area contributed by atoms with Crippen LogP contribution in [-0.4, -0.2) is 78.2 Å². The first-order valence-corrected chi connectivity index (χ1v) is 15.8. The summed E-state index contributed by atoms with van der Waals surface area (Å²) in [5, 5.41) is 14.1. The fraction of sp³-hybridized carbons (Fsp3) is 0.441. The molecule has 1 unspecified atom stereocenters. The highest BCUT2D eigenvalue weighted by Gasteiger charge is 2.38. The van der Waals surface area contributed by atoms with Gasteiger partial charge in [-0.3, -0.25) is 19.8 Å². The van der Waals surface area contributed by atoms with E-state index >= 15 is 0 Å². The third kappa shape index (κ3) is 8.02. The smallest absolute Gasteiger partial charge is 0.423 e. The van der Waals surface area contributed by atoms with Crippen LogP contribution in [0.1, 0.15) is 36.8 Å². The summed E-state index contributed by atoms with van der Waals surface area (Å²) in [6.07, 6.45) is -1.58. The molecule has 0 radical (unpaired) electrons. The fourth-order valence-corrected chi connectivity index (χ4v) is 6.61. The van der Waals surface area contributed by atoms with Crippen LogP contribution in [0.25, 0.3) is 11.1 Å². The minimum absolute atomic E-state index is 0.0164. The second-order valence-corrected chi connectivity index (χ2v) is 12.4. The first kappa shape index (κ1) is 32.7. The zero-order valence-electron chi connectivity index (χ0n) is 25.7. The Balaban J connectivity index is 0.898. The molecule has 1 aliphatic carbocycles. The molecule has 2 heterocycles. The molecule has 1 amide bonds. The van der Waals surface area contributed by atoms with Crippen molar-refractivity contribution in [2.24, 2.45) is 0 Å². The van der Waals surface area contributed by atoms with Gasteiger partial charge in [0.1, 0.15) is 29.8 Å². The minimum atomic E-state index is -4.83. The highest BCUT2D eigenvalue weighted by Crippen LogP contribution is 2.38. The maximum absolute atomic E-state index is 13.3. The van der Waals surface area contributed by atoms with E-state index in [1.165, 1.54) is 18.2 Å². The summed E-state index contributed by atoms with van der Waals surface area (Å²) >= 11 is 0. The average molecular weight is 657 g/mol. The standard InChI is InChI=1S/C34H36F4N4O5/c35-25-4-1-22(2-5-25)23-3-12-32-24(17-23)18-29(47-32)20-40-13-15-41(16-14-40)33(43)21-46-28-9-6-26(7-10-28)39-27-8-11-31(42(44)45)30(19-27)34(36,37)38/h1-5,8,11-12,17,19,26,28-29,39H,6-7,9-10,13-16,18,20-21H2/t26-,28-,29?. The maximum atomic E-state index is 13.3. The molecule has 2 fully saturated rings. The SMILES string of the molecule is O=C(CO[C@H]1CC[C@H](Nc2ccc([N+](=O)[O-])c(C(F)(F)F)c2)CC1)N1CCN(CC2Cc3cc(-c4ccc(F)cc4)ccc3O2)CC1. The van der Waals surface area contributed by atoms with Crippen molar-refractivity contribution in [3.63, 3.8) is 0 Å². The third-order valence-corrected chi connectivity index (χ3v) is 9.15. The van der Waals surface area contributed by atoms with Crippen molar-refractivity contribution in [1.82, 2.24) is 9.80 Å². The van der Waals surface area contributed by atoms with E-state index in [1.54, 1.807) is 12.1 Å². The number of nitro groups is 1. The van der Waals surface area contributed by atoms with Crippen molar-refractivity contribution >= 4 is 17.3 Å². The van der Waals surface area contributed by atoms with E-state index in [-0.39, 0.29) is 42.3 Å². The van der Waals surface area contributed by atoms with Crippen LogP contribution in [0.3, 0.4) is 0 Å². The number of piperazine rings is 1. The predicted octanol–water partition coefficient (Wildman–Crippen LogP) is 6.31. The van der Waals surface area contributed by atoms with Gasteiger partial charge in [-0.1, -0.05) is 18.2 Å². The molecule has 250 valence electrons. The van der Waals surface area contributed by atoms with Crippen LogP contribution in [0.2, 0.25) is 0 Å². The number of rotatable bonds is 9. The molecule has 13 heteroatoms. The fourth-order valence-electron chi connectivity index (χ4n) is 6.61. The highest BCUT2D eigenvalue weighted by atomic mass is 19.4. The second kappa shape index (κ2) is 13.9. The maximum Gasteiger partial charge on any atom is 0.423 e. The third-order valence-electron chi connectivity index (χ3n) is 9.15. The topological polar surface area (TPSA) is 97.2 Å². The number of nitro benzene ring substituents is 1. The van der Waals surface area contributed by atoms with E-state index in [1.807, 2.05) is 17.0 Å². The summed E-state index contributed by atoms with van der Waals surface area (Å²) < 4.78 is 65.4. The monoisotopic (exact) mass is 656 g/mol. The van der Waals surface area contributed by atoms with Crippen LogP contribution in [0.5, 0.6) is 5.75 Å². The van der Waals surface area contributed by atoms with Crippen molar-refractivity contribution < 1.29 is 36.8 Å². The number of amides is 1. The van der Waals surface area contributed by atoms with Crippen LogP contribution < -0.4 is 10.1 Å². The zero-order chi connectivity index (χ0) is 33.1. The summed E-state index contributed by atoms with van der Waals surface area (Å²) in [5.74, 6) is 0.549. The highest BCUT2D eigenvalue weighted by molar-refractivity contribution is 5.77. The van der Waals surface area contributed by atoms with E-state index < -0.39 is 22.4 Å². The molecule has 2 aliphatic heterocycles. The van der Waals surface area contributed by atoms with Crippen LogP contribution in [0.15, 0.2) is 60.7 Å². The van der Waals surface area contributed by atoms with Crippen molar-refractivity contribution in [3.8, 4) is 16.9 Å². The van der Waals surface area contributed by atoms with Crippen molar-refractivity contribution in [3.05, 3.63) is 87.7 Å². The van der Waals surface area contributed by atoms with E-state index in [2.05, 4.69) is 16.3 Å². The Bertz CT molecular complexity index is 1590. The predicted molar refractivity (Wildman–Crippen MR) is 167 cm³/mol. The quantitative estimate of drug-likeness (QED) is 0.164. The Morgan fingerprint density at radius 3 is 2.34 bits per heavy atom. The van der Waals surface area contributed by atoms with E-state index in [0.717, 1.165) is 60.6 Å². The lowest BCUT2D eigenvalue weighted by atomic mass is 9.92. The van der Waals surface area contributed by atoms with Crippen LogP contribution in [-0.2, 0) is 22.1 Å². The van der Waals surface area contributed by atoms with Gasteiger partial charge in [0.2, 0.25) is 5.91 Å². The Hall–Kier alpha value is -4.23. The number of hydrogen-bond donors (Lipinski definition) is 1. The van der Waals surface area contributed by atoms with Gasteiger partial charge >= 0.3 is 6.18 Å². The molecule has 3 aromatic carbocycles. The number of anilines is 1. The van der Waals surface area contributed by atoms with Gasteiger partial charge in [0.05, 0.1) is 11.0 Å². The number of carbonyl (C=O) groups is 1. The molecule has 3 aliphatic rings. The van der Waals surface area contributed by atoms with Crippen LogP contribution >= 0.6 is 0 Å². The molecular weight excluding hydrogens is 620 g/mol. The first-order chi connectivity index (χ1) is 22.5. The number of hydrogen-bond acceptors (Lipinski definition) is 7. The lowest BCUT2D eigenvalue weighted by molar-refractivity contribution is -0.388. The Labute approximate surface area is 269 Å². The number of fused-ring (bicyclic) bond motifs is 1. The zero-order valence-corrected chi connectivity index (χ0v) is 25.7. The van der Waals surface area contributed by atoms with Gasteiger partial charge in [-0.2, -0.15) is 13.2 Å². The molecule has 0 aromatic heterocycles. The van der Waals surface area contributed by atoms with E-state index in [9.17, 15) is 32.5 Å². The number of alkyl halides is 3. The molecule has 1 saturated carbocycles. The molecule has 0 spiro atoms. The van der Waals surface area contributed by atoms with E-state index in [0.29, 0.717) is 38.8 Å². The van der Waals surface area contributed by atoms with Crippen molar-refractivity contribution in [1.29, 1.82) is 0 Å². The molecular formula is C34H36F4N4O5. The molecule has 47 heavy (non-hydrogen) atoms. The minimum Gasteiger partial charge on any atom is -0.488 e. The van der Waals surface area contributed by atoms with Gasteiger partial charge in [-0.05, 0) is 78.8 Å². The molecule has 1 N–H and O–H groups in total. The molecule has 9 nitrogen and oxygen atoms in total. The largest absolute Gasteiger partial charge is 0.488 e. The van der Waals surface area contributed by atoms with Gasteiger partial charge in [0, 0.05) is 56.9 Å². The van der Waals surface area contributed by atoms with Gasteiger partial charge in [-0.15, -0.1) is 0 Å². The molecule has 3 aromatic rings. The second-order valence-electron chi connectivity index (χ2n) is 12.4. The normalized spacial score (nSPS) is 21.6.